The first-order valence-corrected chi connectivity index (χ1v) is 6.45. The molecule has 1 aromatic carbocycles. The van der Waals surface area contributed by atoms with E-state index in [0.29, 0.717) is 5.69 Å². The standard InChI is InChI=1S/C15H15N5/c1-19-8-9-20(14-5-3-2-4-13(14)19)15-7-6-11(17)12(10-16)18-15/h2-7H,8-9,17H2,1H3. The highest BCUT2D eigenvalue weighted by molar-refractivity contribution is 5.78. The average Bonchev–Trinajstić information content (AvgIpc) is 2.49. The van der Waals surface area contributed by atoms with Gasteiger partial charge in [-0.1, -0.05) is 12.1 Å². The SMILES string of the molecule is CN1CCN(c2ccc(N)c(C#N)n2)c2ccccc21. The van der Waals surface area contributed by atoms with Crippen molar-refractivity contribution in [2.24, 2.45) is 0 Å². The van der Waals surface area contributed by atoms with E-state index >= 15 is 0 Å². The highest BCUT2D eigenvalue weighted by Gasteiger charge is 2.22. The summed E-state index contributed by atoms with van der Waals surface area (Å²) in [4.78, 5) is 8.70. The number of hydrogen-bond donors (Lipinski definition) is 1. The molecule has 0 bridgehead atoms. The summed E-state index contributed by atoms with van der Waals surface area (Å²) >= 11 is 0. The Morgan fingerprint density at radius 1 is 1.15 bits per heavy atom. The molecule has 20 heavy (non-hydrogen) atoms. The Hall–Kier alpha value is -2.74. The maximum atomic E-state index is 9.06. The zero-order valence-electron chi connectivity index (χ0n) is 11.2. The van der Waals surface area contributed by atoms with Crippen LogP contribution >= 0.6 is 0 Å². The van der Waals surface area contributed by atoms with Gasteiger partial charge >= 0.3 is 0 Å². The zero-order chi connectivity index (χ0) is 14.1. The Bertz CT molecular complexity index is 689. The molecule has 2 N–H and O–H groups in total. The molecule has 1 aliphatic rings. The molecule has 1 aliphatic heterocycles. The first kappa shape index (κ1) is 12.3. The van der Waals surface area contributed by atoms with Gasteiger partial charge in [0.25, 0.3) is 0 Å². The first-order valence-electron chi connectivity index (χ1n) is 6.45. The van der Waals surface area contributed by atoms with Crippen molar-refractivity contribution in [1.82, 2.24) is 4.98 Å². The van der Waals surface area contributed by atoms with Gasteiger partial charge in [0.2, 0.25) is 0 Å². The van der Waals surface area contributed by atoms with Gasteiger partial charge in [-0.05, 0) is 24.3 Å². The number of hydrogen-bond acceptors (Lipinski definition) is 5. The number of para-hydroxylation sites is 2. The summed E-state index contributed by atoms with van der Waals surface area (Å²) in [5.41, 5.74) is 8.69. The van der Waals surface area contributed by atoms with Crippen LogP contribution in [0.1, 0.15) is 5.69 Å². The molecule has 5 nitrogen and oxygen atoms in total. The number of anilines is 4. The van der Waals surface area contributed by atoms with Crippen LogP contribution in [0.5, 0.6) is 0 Å². The molecule has 3 rings (SSSR count). The molecular formula is C15H15N5. The minimum absolute atomic E-state index is 0.277. The summed E-state index contributed by atoms with van der Waals surface area (Å²) < 4.78 is 0. The molecular weight excluding hydrogens is 250 g/mol. The van der Waals surface area contributed by atoms with Crippen LogP contribution in [-0.4, -0.2) is 25.1 Å². The predicted octanol–water partition coefficient (Wildman–Crippen LogP) is 2.12. The number of nitrogens with two attached hydrogens (primary N) is 1. The van der Waals surface area contributed by atoms with Gasteiger partial charge in [0, 0.05) is 20.1 Å². The number of nitrogen functional groups attached to an aromatic ring is 1. The molecule has 0 unspecified atom stereocenters. The minimum Gasteiger partial charge on any atom is -0.396 e. The Kier molecular flexibility index (Phi) is 2.92. The van der Waals surface area contributed by atoms with Crippen molar-refractivity contribution in [3.63, 3.8) is 0 Å². The molecule has 0 amide bonds. The van der Waals surface area contributed by atoms with Crippen molar-refractivity contribution >= 4 is 22.9 Å². The van der Waals surface area contributed by atoms with Gasteiger partial charge < -0.3 is 15.5 Å². The van der Waals surface area contributed by atoms with Gasteiger partial charge in [0.15, 0.2) is 5.69 Å². The summed E-state index contributed by atoms with van der Waals surface area (Å²) in [5.74, 6) is 0.760. The molecule has 5 heteroatoms. The molecule has 0 radical (unpaired) electrons. The number of fused-ring (bicyclic) bond motifs is 1. The van der Waals surface area contributed by atoms with E-state index in [1.165, 1.54) is 0 Å². The largest absolute Gasteiger partial charge is 0.396 e. The van der Waals surface area contributed by atoms with E-state index in [-0.39, 0.29) is 5.69 Å². The van der Waals surface area contributed by atoms with Gasteiger partial charge in [0.1, 0.15) is 11.9 Å². The third-order valence-electron chi connectivity index (χ3n) is 3.54. The van der Waals surface area contributed by atoms with Crippen LogP contribution in [0.3, 0.4) is 0 Å². The fourth-order valence-corrected chi connectivity index (χ4v) is 2.44. The van der Waals surface area contributed by atoms with Crippen LogP contribution in [0.25, 0.3) is 0 Å². The van der Waals surface area contributed by atoms with Gasteiger partial charge in [-0.2, -0.15) is 5.26 Å². The monoisotopic (exact) mass is 265 g/mol. The van der Waals surface area contributed by atoms with Gasteiger partial charge in [-0.25, -0.2) is 4.98 Å². The van der Waals surface area contributed by atoms with E-state index < -0.39 is 0 Å². The summed E-state index contributed by atoms with van der Waals surface area (Å²) in [6, 6.07) is 13.8. The summed E-state index contributed by atoms with van der Waals surface area (Å²) in [7, 11) is 2.08. The van der Waals surface area contributed by atoms with Crippen LogP contribution in [0.4, 0.5) is 22.9 Å². The van der Waals surface area contributed by atoms with E-state index in [1.807, 2.05) is 24.3 Å². The number of pyridine rings is 1. The van der Waals surface area contributed by atoms with Crippen molar-refractivity contribution in [2.75, 3.05) is 35.7 Å². The van der Waals surface area contributed by atoms with Crippen LogP contribution in [0, 0.1) is 11.3 Å². The smallest absolute Gasteiger partial charge is 0.165 e. The van der Waals surface area contributed by atoms with Crippen LogP contribution in [-0.2, 0) is 0 Å². The lowest BCUT2D eigenvalue weighted by atomic mass is 10.1. The fraction of sp³-hybridized carbons (Fsp3) is 0.200. The van der Waals surface area contributed by atoms with Gasteiger partial charge in [-0.3, -0.25) is 0 Å². The topological polar surface area (TPSA) is 69.2 Å². The number of nitriles is 1. The molecule has 0 saturated carbocycles. The first-order chi connectivity index (χ1) is 9.70. The van der Waals surface area contributed by atoms with Crippen molar-refractivity contribution in [3.8, 4) is 6.07 Å². The Morgan fingerprint density at radius 2 is 1.90 bits per heavy atom. The summed E-state index contributed by atoms with van der Waals surface area (Å²) in [5, 5.41) is 9.06. The molecule has 0 saturated heterocycles. The third-order valence-corrected chi connectivity index (χ3v) is 3.54. The van der Waals surface area contributed by atoms with Crippen molar-refractivity contribution in [1.29, 1.82) is 5.26 Å². The highest BCUT2D eigenvalue weighted by Crippen LogP contribution is 2.36. The van der Waals surface area contributed by atoms with E-state index in [0.717, 1.165) is 30.3 Å². The van der Waals surface area contributed by atoms with Crippen LogP contribution < -0.4 is 15.5 Å². The minimum atomic E-state index is 0.277. The number of aromatic nitrogens is 1. The van der Waals surface area contributed by atoms with E-state index in [9.17, 15) is 0 Å². The lowest BCUT2D eigenvalue weighted by Crippen LogP contribution is -2.36. The molecule has 0 fully saturated rings. The van der Waals surface area contributed by atoms with E-state index in [4.69, 9.17) is 11.0 Å². The second-order valence-corrected chi connectivity index (χ2v) is 4.78. The van der Waals surface area contributed by atoms with Gasteiger partial charge in [-0.15, -0.1) is 0 Å². The van der Waals surface area contributed by atoms with E-state index in [1.54, 1.807) is 6.07 Å². The quantitative estimate of drug-likeness (QED) is 0.855. The average molecular weight is 265 g/mol. The highest BCUT2D eigenvalue weighted by atomic mass is 15.3. The molecule has 0 spiro atoms. The number of nitrogens with zero attached hydrogens (tertiary/aromatic N) is 4. The number of rotatable bonds is 1. The second-order valence-electron chi connectivity index (χ2n) is 4.78. The van der Waals surface area contributed by atoms with Crippen molar-refractivity contribution in [2.45, 2.75) is 0 Å². The number of likely N-dealkylation sites (N-methyl/N-ethyl adjacent to an activating group) is 1. The van der Waals surface area contributed by atoms with Crippen molar-refractivity contribution in [3.05, 3.63) is 42.1 Å². The summed E-state index contributed by atoms with van der Waals surface area (Å²) in [6.45, 7) is 1.74. The molecule has 0 aliphatic carbocycles. The Morgan fingerprint density at radius 3 is 2.65 bits per heavy atom. The Labute approximate surface area is 117 Å². The predicted molar refractivity (Wildman–Crippen MR) is 80.1 cm³/mol. The lowest BCUT2D eigenvalue weighted by Gasteiger charge is -2.36. The van der Waals surface area contributed by atoms with E-state index in [2.05, 4.69) is 34.0 Å². The molecule has 2 heterocycles. The number of benzene rings is 1. The molecule has 1 aromatic heterocycles. The molecule has 0 atom stereocenters. The van der Waals surface area contributed by atoms with Gasteiger partial charge in [0.05, 0.1) is 17.1 Å². The Balaban J connectivity index is 2.08. The summed E-state index contributed by atoms with van der Waals surface area (Å²) in [6.07, 6.45) is 0. The van der Waals surface area contributed by atoms with Crippen LogP contribution in [0.2, 0.25) is 0 Å². The van der Waals surface area contributed by atoms with Crippen LogP contribution in [0.15, 0.2) is 36.4 Å². The lowest BCUT2D eigenvalue weighted by molar-refractivity contribution is 0.813. The maximum Gasteiger partial charge on any atom is 0.165 e. The van der Waals surface area contributed by atoms with Crippen molar-refractivity contribution < 1.29 is 0 Å². The molecule has 2 aromatic rings. The fourth-order valence-electron chi connectivity index (χ4n) is 2.44. The normalized spacial score (nSPS) is 13.8. The molecule has 100 valence electrons. The zero-order valence-corrected chi connectivity index (χ0v) is 11.2. The second kappa shape index (κ2) is 4.74. The maximum absolute atomic E-state index is 9.06. The third kappa shape index (κ3) is 1.91.